The quantitative estimate of drug-likeness (QED) is 0.757. The summed E-state index contributed by atoms with van der Waals surface area (Å²) in [6.45, 7) is 4.37. The number of methoxy groups -OCH3 is 1. The summed E-state index contributed by atoms with van der Waals surface area (Å²) in [4.78, 5) is 27.1. The number of carbonyl (C=O) groups excluding carboxylic acids is 1. The number of benzene rings is 1. The number of hydrogen-bond donors (Lipinski definition) is 1. The van der Waals surface area contributed by atoms with Gasteiger partial charge in [0.15, 0.2) is 11.5 Å². The van der Waals surface area contributed by atoms with Crippen LogP contribution in [-0.2, 0) is 16.1 Å². The molecule has 7 heteroatoms. The van der Waals surface area contributed by atoms with Crippen LogP contribution in [0.25, 0.3) is 0 Å². The number of nitrogens with zero attached hydrogens (tertiary/aromatic N) is 2. The molecule has 1 atom stereocenters. The van der Waals surface area contributed by atoms with Crippen molar-refractivity contribution in [3.63, 3.8) is 0 Å². The summed E-state index contributed by atoms with van der Waals surface area (Å²) in [7, 11) is 1.60. The highest BCUT2D eigenvalue weighted by molar-refractivity contribution is 5.86. The fourth-order valence-electron chi connectivity index (χ4n) is 3.53. The summed E-state index contributed by atoms with van der Waals surface area (Å²) in [5.74, 6) is -0.333. The van der Waals surface area contributed by atoms with Gasteiger partial charge in [0, 0.05) is 26.1 Å². The third-order valence-electron chi connectivity index (χ3n) is 5.03. The van der Waals surface area contributed by atoms with Gasteiger partial charge in [0.25, 0.3) is 0 Å². The maximum Gasteiger partial charge on any atom is 0.308 e. The first-order valence-corrected chi connectivity index (χ1v) is 9.09. The largest absolute Gasteiger partial charge is 0.493 e. The van der Waals surface area contributed by atoms with Crippen LogP contribution in [0.2, 0.25) is 0 Å². The summed E-state index contributed by atoms with van der Waals surface area (Å²) >= 11 is 0. The molecule has 7 nitrogen and oxygen atoms in total. The first-order valence-electron chi connectivity index (χ1n) is 9.09. The molecule has 1 unspecified atom stereocenters. The van der Waals surface area contributed by atoms with Crippen molar-refractivity contribution in [2.24, 2.45) is 5.92 Å². The molecule has 0 radical (unpaired) electrons. The Labute approximate surface area is 153 Å². The van der Waals surface area contributed by atoms with Crippen LogP contribution >= 0.6 is 0 Å². The molecule has 2 aliphatic rings. The molecule has 2 fully saturated rings. The maximum absolute atomic E-state index is 12.0. The maximum atomic E-state index is 12.0. The van der Waals surface area contributed by atoms with Crippen LogP contribution < -0.4 is 9.47 Å². The van der Waals surface area contributed by atoms with Gasteiger partial charge < -0.3 is 19.5 Å². The third kappa shape index (κ3) is 4.46. The molecule has 0 spiro atoms. The number of carboxylic acids is 1. The van der Waals surface area contributed by atoms with Crippen LogP contribution in [0, 0.1) is 5.92 Å². The van der Waals surface area contributed by atoms with Gasteiger partial charge in [-0.2, -0.15) is 0 Å². The Morgan fingerprint density at radius 2 is 2.04 bits per heavy atom. The van der Waals surface area contributed by atoms with E-state index in [9.17, 15) is 9.59 Å². The highest BCUT2D eigenvalue weighted by Gasteiger charge is 2.34. The van der Waals surface area contributed by atoms with Gasteiger partial charge in [-0.3, -0.25) is 14.5 Å². The minimum absolute atomic E-state index is 0.0741. The normalized spacial score (nSPS) is 20.6. The Bertz CT molecular complexity index is 657. The van der Waals surface area contributed by atoms with E-state index in [1.165, 1.54) is 12.8 Å². The number of likely N-dealkylation sites (tertiary alicyclic amines) is 2. The lowest BCUT2D eigenvalue weighted by Crippen LogP contribution is -2.26. The second-order valence-electron chi connectivity index (χ2n) is 6.90. The molecule has 0 bridgehead atoms. The first-order chi connectivity index (χ1) is 12.6. The van der Waals surface area contributed by atoms with Crippen LogP contribution in [0.1, 0.15) is 24.8 Å². The number of carbonyl (C=O) groups is 2. The van der Waals surface area contributed by atoms with E-state index in [2.05, 4.69) is 4.90 Å². The average Bonchev–Trinajstić information content (AvgIpc) is 3.26. The Balaban J connectivity index is 1.61. The second-order valence-corrected chi connectivity index (χ2v) is 6.90. The number of ether oxygens (including phenoxy) is 2. The summed E-state index contributed by atoms with van der Waals surface area (Å²) in [5, 5.41) is 9.09. The summed E-state index contributed by atoms with van der Waals surface area (Å²) in [5.41, 5.74) is 0.904. The molecule has 1 aromatic carbocycles. The number of carboxylic acid groups (broad SMARTS) is 1. The topological polar surface area (TPSA) is 79.3 Å². The lowest BCUT2D eigenvalue weighted by atomic mass is 10.1. The molecular weight excluding hydrogens is 336 g/mol. The molecule has 0 saturated carbocycles. The zero-order valence-corrected chi connectivity index (χ0v) is 15.1. The molecule has 1 amide bonds. The van der Waals surface area contributed by atoms with Gasteiger partial charge in [-0.15, -0.1) is 0 Å². The molecule has 2 heterocycles. The zero-order valence-electron chi connectivity index (χ0n) is 15.1. The van der Waals surface area contributed by atoms with Crippen LogP contribution in [0.3, 0.4) is 0 Å². The van der Waals surface area contributed by atoms with Crippen molar-refractivity contribution >= 4 is 11.9 Å². The molecule has 1 N–H and O–H groups in total. The van der Waals surface area contributed by atoms with Crippen LogP contribution in [0.4, 0.5) is 0 Å². The van der Waals surface area contributed by atoms with Gasteiger partial charge >= 0.3 is 5.97 Å². The van der Waals surface area contributed by atoms with E-state index >= 15 is 0 Å². The van der Waals surface area contributed by atoms with Crippen LogP contribution in [0.5, 0.6) is 11.5 Å². The second kappa shape index (κ2) is 8.40. The standard InChI is InChI=1S/C19H26N2O5/c1-25-16-5-4-14(12-21-13-15(19(23)24)11-18(21)22)10-17(16)26-9-8-20-6-2-3-7-20/h4-5,10,15H,2-3,6-9,11-13H2,1H3,(H,23,24). The fraction of sp³-hybridized carbons (Fsp3) is 0.579. The van der Waals surface area contributed by atoms with Crippen molar-refractivity contribution in [1.29, 1.82) is 0 Å². The van der Waals surface area contributed by atoms with E-state index in [4.69, 9.17) is 14.6 Å². The van der Waals surface area contributed by atoms with E-state index in [0.717, 1.165) is 25.2 Å². The van der Waals surface area contributed by atoms with Crippen LogP contribution in [-0.4, -0.2) is 66.7 Å². The summed E-state index contributed by atoms with van der Waals surface area (Å²) in [6.07, 6.45) is 2.57. The van der Waals surface area contributed by atoms with Gasteiger partial charge in [-0.25, -0.2) is 0 Å². The molecule has 142 valence electrons. The fourth-order valence-corrected chi connectivity index (χ4v) is 3.53. The van der Waals surface area contributed by atoms with E-state index in [1.54, 1.807) is 12.0 Å². The molecule has 0 aromatic heterocycles. The molecule has 3 rings (SSSR count). The van der Waals surface area contributed by atoms with E-state index in [0.29, 0.717) is 24.7 Å². The molecule has 2 saturated heterocycles. The smallest absolute Gasteiger partial charge is 0.308 e. The lowest BCUT2D eigenvalue weighted by molar-refractivity contribution is -0.141. The Hall–Kier alpha value is -2.28. The number of amides is 1. The van der Waals surface area contributed by atoms with Crippen LogP contribution in [0.15, 0.2) is 18.2 Å². The zero-order chi connectivity index (χ0) is 18.5. The Kier molecular flexibility index (Phi) is 5.98. The Morgan fingerprint density at radius 3 is 2.69 bits per heavy atom. The predicted octanol–water partition coefficient (Wildman–Crippen LogP) is 1.60. The Morgan fingerprint density at radius 1 is 1.27 bits per heavy atom. The number of hydrogen-bond acceptors (Lipinski definition) is 5. The molecule has 0 aliphatic carbocycles. The van der Waals surface area contributed by atoms with Crippen molar-refractivity contribution in [3.8, 4) is 11.5 Å². The molecule has 2 aliphatic heterocycles. The highest BCUT2D eigenvalue weighted by Crippen LogP contribution is 2.29. The van der Waals surface area contributed by atoms with Gasteiger partial charge in [0.2, 0.25) is 5.91 Å². The molecular formula is C19H26N2O5. The van der Waals surface area contributed by atoms with E-state index in [-0.39, 0.29) is 18.9 Å². The van der Waals surface area contributed by atoms with Gasteiger partial charge in [-0.1, -0.05) is 6.07 Å². The monoisotopic (exact) mass is 362 g/mol. The average molecular weight is 362 g/mol. The third-order valence-corrected chi connectivity index (χ3v) is 5.03. The number of aliphatic carboxylic acids is 1. The molecule has 26 heavy (non-hydrogen) atoms. The van der Waals surface area contributed by atoms with Gasteiger partial charge in [-0.05, 0) is 43.6 Å². The minimum atomic E-state index is -0.915. The lowest BCUT2D eigenvalue weighted by Gasteiger charge is -2.19. The predicted molar refractivity (Wildman–Crippen MR) is 95.3 cm³/mol. The van der Waals surface area contributed by atoms with Gasteiger partial charge in [0.1, 0.15) is 6.61 Å². The van der Waals surface area contributed by atoms with E-state index in [1.807, 2.05) is 18.2 Å². The van der Waals surface area contributed by atoms with Gasteiger partial charge in [0.05, 0.1) is 13.0 Å². The summed E-state index contributed by atoms with van der Waals surface area (Å²) in [6, 6.07) is 5.59. The van der Waals surface area contributed by atoms with Crippen molar-refractivity contribution in [2.45, 2.75) is 25.8 Å². The molecule has 1 aromatic rings. The minimum Gasteiger partial charge on any atom is -0.493 e. The van der Waals surface area contributed by atoms with E-state index < -0.39 is 11.9 Å². The number of rotatable bonds is 8. The summed E-state index contributed by atoms with van der Waals surface area (Å²) < 4.78 is 11.3. The van der Waals surface area contributed by atoms with Crippen molar-refractivity contribution in [1.82, 2.24) is 9.80 Å². The van der Waals surface area contributed by atoms with Crippen molar-refractivity contribution in [2.75, 3.05) is 39.9 Å². The first kappa shape index (κ1) is 18.5. The SMILES string of the molecule is COc1ccc(CN2CC(C(=O)O)CC2=O)cc1OCCN1CCCC1. The van der Waals surface area contributed by atoms with Crippen molar-refractivity contribution < 1.29 is 24.2 Å². The van der Waals surface area contributed by atoms with Crippen molar-refractivity contribution in [3.05, 3.63) is 23.8 Å². The highest BCUT2D eigenvalue weighted by atomic mass is 16.5.